The molecule has 0 amide bonds. The maximum Gasteiger partial charge on any atom is 0.112 e. The lowest BCUT2D eigenvalue weighted by molar-refractivity contribution is 0.387. The van der Waals surface area contributed by atoms with Gasteiger partial charge in [-0.3, -0.25) is 0 Å². The van der Waals surface area contributed by atoms with Crippen molar-refractivity contribution < 1.29 is 0 Å². The Morgan fingerprint density at radius 3 is 2.94 bits per heavy atom. The first-order valence-electron chi connectivity index (χ1n) is 6.84. The van der Waals surface area contributed by atoms with Gasteiger partial charge in [-0.2, -0.15) is 0 Å². The summed E-state index contributed by atoms with van der Waals surface area (Å²) in [6.07, 6.45) is 4.81. The van der Waals surface area contributed by atoms with Gasteiger partial charge < -0.3 is 10.3 Å². The SMILES string of the molecule is CC1CC(N)Cn2c1nc1c2CCCC1(C)C. The molecule has 2 aliphatic rings. The lowest BCUT2D eigenvalue weighted by Crippen LogP contribution is -2.34. The summed E-state index contributed by atoms with van der Waals surface area (Å²) in [5, 5.41) is 0. The van der Waals surface area contributed by atoms with E-state index >= 15 is 0 Å². The van der Waals surface area contributed by atoms with Crippen molar-refractivity contribution in [2.75, 3.05) is 0 Å². The molecule has 3 nitrogen and oxygen atoms in total. The second kappa shape index (κ2) is 3.58. The molecule has 0 saturated carbocycles. The maximum absolute atomic E-state index is 6.15. The number of nitrogens with two attached hydrogens (primary N) is 1. The Bertz CT molecular complexity index is 445. The molecule has 0 fully saturated rings. The topological polar surface area (TPSA) is 43.8 Å². The fourth-order valence-corrected chi connectivity index (χ4v) is 3.57. The Balaban J connectivity index is 2.14. The summed E-state index contributed by atoms with van der Waals surface area (Å²) in [5.74, 6) is 1.80. The minimum atomic E-state index is 0.252. The minimum absolute atomic E-state index is 0.252. The molecule has 2 unspecified atom stereocenters. The van der Waals surface area contributed by atoms with E-state index in [1.165, 1.54) is 36.5 Å². The van der Waals surface area contributed by atoms with E-state index < -0.39 is 0 Å². The molecule has 1 aliphatic carbocycles. The van der Waals surface area contributed by atoms with Crippen molar-refractivity contribution in [3.05, 3.63) is 17.2 Å². The van der Waals surface area contributed by atoms with Gasteiger partial charge in [0, 0.05) is 29.6 Å². The van der Waals surface area contributed by atoms with E-state index in [0.29, 0.717) is 12.0 Å². The zero-order valence-electron chi connectivity index (χ0n) is 11.2. The minimum Gasteiger partial charge on any atom is -0.330 e. The predicted octanol–water partition coefficient (Wildman–Crippen LogP) is 2.33. The summed E-state index contributed by atoms with van der Waals surface area (Å²) in [5.41, 5.74) is 9.22. The van der Waals surface area contributed by atoms with Crippen molar-refractivity contribution in [3.8, 4) is 0 Å². The Labute approximate surface area is 103 Å². The third-order valence-corrected chi connectivity index (χ3v) is 4.47. The predicted molar refractivity (Wildman–Crippen MR) is 69.2 cm³/mol. The molecule has 0 radical (unpaired) electrons. The Kier molecular flexibility index (Phi) is 2.37. The Hall–Kier alpha value is -0.830. The van der Waals surface area contributed by atoms with Crippen LogP contribution in [0.2, 0.25) is 0 Å². The Morgan fingerprint density at radius 1 is 1.41 bits per heavy atom. The number of fused-ring (bicyclic) bond motifs is 3. The van der Waals surface area contributed by atoms with Crippen LogP contribution in [-0.4, -0.2) is 15.6 Å². The summed E-state index contributed by atoms with van der Waals surface area (Å²) >= 11 is 0. The second-order valence-corrected chi connectivity index (χ2v) is 6.51. The van der Waals surface area contributed by atoms with E-state index in [9.17, 15) is 0 Å². The van der Waals surface area contributed by atoms with Crippen molar-refractivity contribution in [2.45, 2.75) is 70.4 Å². The molecule has 0 bridgehead atoms. The van der Waals surface area contributed by atoms with Crippen LogP contribution < -0.4 is 5.73 Å². The third kappa shape index (κ3) is 1.63. The zero-order chi connectivity index (χ0) is 12.2. The van der Waals surface area contributed by atoms with Gasteiger partial charge >= 0.3 is 0 Å². The molecule has 2 atom stereocenters. The van der Waals surface area contributed by atoms with Crippen LogP contribution in [0.15, 0.2) is 0 Å². The van der Waals surface area contributed by atoms with Gasteiger partial charge in [-0.1, -0.05) is 20.8 Å². The number of aromatic nitrogens is 2. The highest BCUT2D eigenvalue weighted by molar-refractivity contribution is 5.29. The molecule has 1 aliphatic heterocycles. The van der Waals surface area contributed by atoms with E-state index in [1.807, 2.05) is 0 Å². The van der Waals surface area contributed by atoms with Crippen LogP contribution in [0.25, 0.3) is 0 Å². The quantitative estimate of drug-likeness (QED) is 0.747. The fourth-order valence-electron chi connectivity index (χ4n) is 3.57. The second-order valence-electron chi connectivity index (χ2n) is 6.51. The first-order valence-corrected chi connectivity index (χ1v) is 6.84. The smallest absolute Gasteiger partial charge is 0.112 e. The van der Waals surface area contributed by atoms with E-state index in [-0.39, 0.29) is 5.41 Å². The molecule has 0 saturated heterocycles. The van der Waals surface area contributed by atoms with Crippen molar-refractivity contribution in [1.82, 2.24) is 9.55 Å². The molecule has 0 aromatic carbocycles. The standard InChI is InChI=1S/C14H23N3/c1-9-7-10(15)8-17-11-5-4-6-14(2,3)12(11)16-13(9)17/h9-10H,4-8,15H2,1-3H3. The van der Waals surface area contributed by atoms with Gasteiger partial charge in [0.2, 0.25) is 0 Å². The van der Waals surface area contributed by atoms with Gasteiger partial charge in [-0.05, 0) is 25.7 Å². The van der Waals surface area contributed by atoms with Crippen LogP contribution in [0, 0.1) is 0 Å². The number of imidazole rings is 1. The van der Waals surface area contributed by atoms with Crippen molar-refractivity contribution >= 4 is 0 Å². The van der Waals surface area contributed by atoms with E-state index in [2.05, 4.69) is 25.3 Å². The molecule has 17 heavy (non-hydrogen) atoms. The molecular formula is C14H23N3. The number of nitrogens with zero attached hydrogens (tertiary/aromatic N) is 2. The fraction of sp³-hybridized carbons (Fsp3) is 0.786. The molecule has 0 spiro atoms. The van der Waals surface area contributed by atoms with Crippen LogP contribution in [-0.2, 0) is 18.4 Å². The first kappa shape index (κ1) is 11.3. The molecule has 1 aromatic rings. The lowest BCUT2D eigenvalue weighted by Gasteiger charge is -2.30. The van der Waals surface area contributed by atoms with E-state index in [4.69, 9.17) is 10.7 Å². The van der Waals surface area contributed by atoms with Gasteiger partial charge in [-0.15, -0.1) is 0 Å². The number of hydrogen-bond acceptors (Lipinski definition) is 2. The molecule has 3 rings (SSSR count). The normalized spacial score (nSPS) is 30.8. The van der Waals surface area contributed by atoms with Gasteiger partial charge in [-0.25, -0.2) is 4.98 Å². The van der Waals surface area contributed by atoms with Crippen LogP contribution in [0.1, 0.15) is 63.2 Å². The van der Waals surface area contributed by atoms with Crippen LogP contribution in [0.4, 0.5) is 0 Å². The highest BCUT2D eigenvalue weighted by Gasteiger charge is 2.36. The summed E-state index contributed by atoms with van der Waals surface area (Å²) in [4.78, 5) is 4.97. The van der Waals surface area contributed by atoms with E-state index in [1.54, 1.807) is 0 Å². The summed E-state index contributed by atoms with van der Waals surface area (Å²) in [6.45, 7) is 7.89. The average Bonchev–Trinajstić information content (AvgIpc) is 2.58. The largest absolute Gasteiger partial charge is 0.330 e. The molecule has 94 valence electrons. The maximum atomic E-state index is 6.15. The highest BCUT2D eigenvalue weighted by Crippen LogP contribution is 2.39. The van der Waals surface area contributed by atoms with Crippen LogP contribution in [0.5, 0.6) is 0 Å². The van der Waals surface area contributed by atoms with E-state index in [0.717, 1.165) is 13.0 Å². The first-order chi connectivity index (χ1) is 7.99. The van der Waals surface area contributed by atoms with Gasteiger partial charge in [0.05, 0.1) is 5.69 Å². The third-order valence-electron chi connectivity index (χ3n) is 4.47. The molecule has 2 N–H and O–H groups in total. The van der Waals surface area contributed by atoms with Crippen LogP contribution in [0.3, 0.4) is 0 Å². The summed E-state index contributed by atoms with van der Waals surface area (Å²) in [6, 6.07) is 0.306. The average molecular weight is 233 g/mol. The van der Waals surface area contributed by atoms with Crippen molar-refractivity contribution in [2.24, 2.45) is 5.73 Å². The summed E-state index contributed by atoms with van der Waals surface area (Å²) < 4.78 is 2.43. The van der Waals surface area contributed by atoms with Crippen LogP contribution >= 0.6 is 0 Å². The van der Waals surface area contributed by atoms with Crippen molar-refractivity contribution in [1.29, 1.82) is 0 Å². The van der Waals surface area contributed by atoms with Crippen molar-refractivity contribution in [3.63, 3.8) is 0 Å². The van der Waals surface area contributed by atoms with Gasteiger partial charge in [0.15, 0.2) is 0 Å². The molecule has 2 heterocycles. The lowest BCUT2D eigenvalue weighted by atomic mass is 9.78. The molecule has 3 heteroatoms. The van der Waals surface area contributed by atoms with Gasteiger partial charge in [0.25, 0.3) is 0 Å². The summed E-state index contributed by atoms with van der Waals surface area (Å²) in [7, 11) is 0. The molecular weight excluding hydrogens is 210 g/mol. The zero-order valence-corrected chi connectivity index (χ0v) is 11.2. The van der Waals surface area contributed by atoms with Gasteiger partial charge in [0.1, 0.15) is 5.82 Å². The number of rotatable bonds is 0. The molecule has 1 aromatic heterocycles. The monoisotopic (exact) mass is 233 g/mol. The highest BCUT2D eigenvalue weighted by atomic mass is 15.1. The number of hydrogen-bond donors (Lipinski definition) is 1. The Morgan fingerprint density at radius 2 is 2.18 bits per heavy atom.